The topological polar surface area (TPSA) is 73.9 Å². The average molecular weight is 400 g/mol. The molecule has 6 nitrogen and oxygen atoms in total. The molecule has 1 aromatic carbocycles. The Morgan fingerprint density at radius 2 is 1.93 bits per heavy atom. The van der Waals surface area contributed by atoms with E-state index in [1.54, 1.807) is 13.0 Å². The van der Waals surface area contributed by atoms with Crippen molar-refractivity contribution >= 4 is 23.5 Å². The van der Waals surface area contributed by atoms with Crippen molar-refractivity contribution in [3.63, 3.8) is 0 Å². The number of hydrogen-bond donors (Lipinski definition) is 1. The lowest BCUT2D eigenvalue weighted by atomic mass is 9.95. The van der Waals surface area contributed by atoms with E-state index >= 15 is 0 Å². The van der Waals surface area contributed by atoms with E-state index in [0.717, 1.165) is 6.42 Å². The molecule has 7 heteroatoms. The van der Waals surface area contributed by atoms with E-state index in [0.29, 0.717) is 36.9 Å². The number of esters is 1. The zero-order valence-electron chi connectivity index (χ0n) is 17.0. The van der Waals surface area contributed by atoms with Gasteiger partial charge in [-0.1, -0.05) is 38.8 Å². The van der Waals surface area contributed by atoms with Gasteiger partial charge in [0.05, 0.1) is 25.8 Å². The first-order chi connectivity index (χ1) is 12.7. The van der Waals surface area contributed by atoms with Crippen LogP contribution in [0.5, 0.6) is 11.5 Å². The predicted molar refractivity (Wildman–Crippen MR) is 106 cm³/mol. The van der Waals surface area contributed by atoms with Gasteiger partial charge in [-0.3, -0.25) is 4.79 Å². The molecular weight excluding hydrogens is 370 g/mol. The summed E-state index contributed by atoms with van der Waals surface area (Å²) in [6, 6.07) is 3.06. The van der Waals surface area contributed by atoms with Crippen LogP contribution in [0.15, 0.2) is 12.1 Å². The van der Waals surface area contributed by atoms with Crippen LogP contribution in [0.3, 0.4) is 0 Å². The Morgan fingerprint density at radius 1 is 1.26 bits per heavy atom. The minimum Gasteiger partial charge on any atom is -0.493 e. The first-order valence-electron chi connectivity index (χ1n) is 9.09. The summed E-state index contributed by atoms with van der Waals surface area (Å²) in [6.07, 6.45) is 2.03. The van der Waals surface area contributed by atoms with Crippen LogP contribution >= 0.6 is 11.6 Å². The van der Waals surface area contributed by atoms with Gasteiger partial charge in [0, 0.05) is 5.56 Å². The molecule has 0 saturated heterocycles. The van der Waals surface area contributed by atoms with Crippen molar-refractivity contribution in [2.24, 2.45) is 5.92 Å². The Labute approximate surface area is 166 Å². The fraction of sp³-hybridized carbons (Fsp3) is 0.600. The van der Waals surface area contributed by atoms with E-state index in [-0.39, 0.29) is 10.6 Å². The van der Waals surface area contributed by atoms with Crippen molar-refractivity contribution in [1.82, 2.24) is 5.32 Å². The highest BCUT2D eigenvalue weighted by molar-refractivity contribution is 6.32. The molecule has 0 aliphatic rings. The van der Waals surface area contributed by atoms with Gasteiger partial charge in [0.15, 0.2) is 11.5 Å². The largest absolute Gasteiger partial charge is 0.493 e. The number of nitrogens with one attached hydrogen (secondary N) is 1. The number of ether oxygens (including phenoxy) is 3. The molecule has 0 aliphatic carbocycles. The molecule has 0 heterocycles. The van der Waals surface area contributed by atoms with Crippen LogP contribution < -0.4 is 14.8 Å². The second kappa shape index (κ2) is 10.4. The van der Waals surface area contributed by atoms with Crippen LogP contribution in [0.25, 0.3) is 0 Å². The van der Waals surface area contributed by atoms with Crippen molar-refractivity contribution < 1.29 is 23.8 Å². The van der Waals surface area contributed by atoms with Gasteiger partial charge in [-0.25, -0.2) is 4.79 Å². The summed E-state index contributed by atoms with van der Waals surface area (Å²) in [7, 11) is 2.78. The molecule has 0 bridgehead atoms. The third-order valence-electron chi connectivity index (χ3n) is 4.21. The van der Waals surface area contributed by atoms with Gasteiger partial charge in [-0.05, 0) is 37.8 Å². The third kappa shape index (κ3) is 6.31. The highest BCUT2D eigenvalue weighted by Crippen LogP contribution is 2.36. The number of amides is 1. The molecule has 0 aromatic heterocycles. The minimum atomic E-state index is -1.12. The Hall–Kier alpha value is -1.95. The van der Waals surface area contributed by atoms with Gasteiger partial charge in [0.1, 0.15) is 5.54 Å². The summed E-state index contributed by atoms with van der Waals surface area (Å²) >= 11 is 6.32. The molecule has 0 saturated carbocycles. The summed E-state index contributed by atoms with van der Waals surface area (Å²) < 4.78 is 15.9. The second-order valence-corrected chi connectivity index (χ2v) is 7.46. The highest BCUT2D eigenvalue weighted by Gasteiger charge is 2.35. The van der Waals surface area contributed by atoms with Crippen molar-refractivity contribution in [2.75, 3.05) is 20.8 Å². The number of hydrogen-bond acceptors (Lipinski definition) is 5. The van der Waals surface area contributed by atoms with Crippen molar-refractivity contribution in [1.29, 1.82) is 0 Å². The first kappa shape index (κ1) is 23.1. The number of benzene rings is 1. The van der Waals surface area contributed by atoms with Gasteiger partial charge in [-0.15, -0.1) is 0 Å². The lowest BCUT2D eigenvalue weighted by molar-refractivity contribution is -0.147. The zero-order valence-corrected chi connectivity index (χ0v) is 17.7. The SMILES string of the molecule is CCCC(C)(NC(=O)c1cc(Cl)c(OCCC(C)C)c(OC)c1)C(=O)OC. The molecule has 1 atom stereocenters. The lowest BCUT2D eigenvalue weighted by Crippen LogP contribution is -2.52. The number of methoxy groups -OCH3 is 2. The van der Waals surface area contributed by atoms with E-state index in [1.807, 2.05) is 6.92 Å². The number of rotatable bonds is 10. The molecule has 1 N–H and O–H groups in total. The van der Waals surface area contributed by atoms with E-state index in [9.17, 15) is 9.59 Å². The van der Waals surface area contributed by atoms with Crippen LogP contribution in [0.1, 0.15) is 57.3 Å². The summed E-state index contributed by atoms with van der Waals surface area (Å²) in [6.45, 7) is 8.27. The fourth-order valence-electron chi connectivity index (χ4n) is 2.65. The van der Waals surface area contributed by atoms with E-state index in [4.69, 9.17) is 25.8 Å². The first-order valence-corrected chi connectivity index (χ1v) is 9.47. The van der Waals surface area contributed by atoms with Crippen molar-refractivity contribution in [2.45, 2.75) is 52.5 Å². The maximum absolute atomic E-state index is 12.7. The molecule has 1 unspecified atom stereocenters. The smallest absolute Gasteiger partial charge is 0.331 e. The average Bonchev–Trinajstić information content (AvgIpc) is 2.61. The highest BCUT2D eigenvalue weighted by atomic mass is 35.5. The van der Waals surface area contributed by atoms with Gasteiger partial charge in [0.25, 0.3) is 5.91 Å². The van der Waals surface area contributed by atoms with Gasteiger partial charge >= 0.3 is 5.97 Å². The van der Waals surface area contributed by atoms with E-state index < -0.39 is 17.4 Å². The molecule has 0 aliphatic heterocycles. The second-order valence-electron chi connectivity index (χ2n) is 7.05. The van der Waals surface area contributed by atoms with Crippen LogP contribution in [0, 0.1) is 5.92 Å². The summed E-state index contributed by atoms with van der Waals surface area (Å²) in [4.78, 5) is 24.8. The quantitative estimate of drug-likeness (QED) is 0.596. The maximum Gasteiger partial charge on any atom is 0.331 e. The molecule has 0 radical (unpaired) electrons. The third-order valence-corrected chi connectivity index (χ3v) is 4.49. The Morgan fingerprint density at radius 3 is 2.44 bits per heavy atom. The maximum atomic E-state index is 12.7. The normalized spacial score (nSPS) is 13.0. The molecule has 0 spiro atoms. The summed E-state index contributed by atoms with van der Waals surface area (Å²) in [5, 5.41) is 3.03. The molecule has 152 valence electrons. The van der Waals surface area contributed by atoms with Gasteiger partial charge < -0.3 is 19.5 Å². The number of carbonyl (C=O) groups is 2. The van der Waals surface area contributed by atoms with Crippen LogP contribution in [0.2, 0.25) is 5.02 Å². The minimum absolute atomic E-state index is 0.276. The molecule has 0 fully saturated rings. The molecule has 1 amide bonds. The summed E-state index contributed by atoms with van der Waals surface area (Å²) in [5.74, 6) is 0.330. The fourth-order valence-corrected chi connectivity index (χ4v) is 2.92. The van der Waals surface area contributed by atoms with E-state index in [2.05, 4.69) is 19.2 Å². The van der Waals surface area contributed by atoms with Gasteiger partial charge in [-0.2, -0.15) is 0 Å². The van der Waals surface area contributed by atoms with Gasteiger partial charge in [0.2, 0.25) is 0 Å². The van der Waals surface area contributed by atoms with Crippen molar-refractivity contribution in [3.8, 4) is 11.5 Å². The Bertz CT molecular complexity index is 662. The predicted octanol–water partition coefficient (Wildman–Crippen LogP) is 4.24. The van der Waals surface area contributed by atoms with Crippen LogP contribution in [-0.2, 0) is 9.53 Å². The summed E-state index contributed by atoms with van der Waals surface area (Å²) in [5.41, 5.74) is -0.841. The number of halogens is 1. The lowest BCUT2D eigenvalue weighted by Gasteiger charge is -2.27. The van der Waals surface area contributed by atoms with Crippen LogP contribution in [0.4, 0.5) is 0 Å². The molecule has 1 aromatic rings. The van der Waals surface area contributed by atoms with E-state index in [1.165, 1.54) is 20.3 Å². The van der Waals surface area contributed by atoms with Crippen molar-refractivity contribution in [3.05, 3.63) is 22.7 Å². The molecule has 27 heavy (non-hydrogen) atoms. The zero-order chi connectivity index (χ0) is 20.6. The Kier molecular flexibility index (Phi) is 8.89. The molecular formula is C20H30ClNO5. The monoisotopic (exact) mass is 399 g/mol. The standard InChI is InChI=1S/C20H30ClNO5/c1-7-9-20(4,19(24)26-6)22-18(23)14-11-15(21)17(16(12-14)25-5)27-10-8-13(2)3/h11-13H,7-10H2,1-6H3,(H,22,23). The Balaban J connectivity index is 3.07. The van der Waals surface area contributed by atoms with Crippen LogP contribution in [-0.4, -0.2) is 38.2 Å². The molecule has 1 rings (SSSR count). The number of carbonyl (C=O) groups excluding carboxylic acids is 2.